The van der Waals surface area contributed by atoms with Crippen molar-refractivity contribution < 1.29 is 19.4 Å². The summed E-state index contributed by atoms with van der Waals surface area (Å²) in [7, 11) is -2.67. The van der Waals surface area contributed by atoms with Crippen molar-refractivity contribution in [3.63, 3.8) is 0 Å². The largest absolute Gasteiger partial charge is 0.432 e. The number of fused-ring (bicyclic) bond motifs is 2. The maximum absolute atomic E-state index is 14.0. The van der Waals surface area contributed by atoms with Crippen LogP contribution >= 0.6 is 15.9 Å². The second kappa shape index (κ2) is 7.32. The Hall–Kier alpha value is -1.51. The number of nitrogens with zero attached hydrogens (tertiary/aromatic N) is 1. The summed E-state index contributed by atoms with van der Waals surface area (Å²) in [5.41, 5.74) is 1.07. The molecule has 2 aliphatic heterocycles. The fourth-order valence-electron chi connectivity index (χ4n) is 5.21. The normalized spacial score (nSPS) is 29.0. The molecule has 1 saturated heterocycles. The molecule has 29 heavy (non-hydrogen) atoms. The molecule has 0 aromatic heterocycles. The Bertz CT molecular complexity index is 932. The van der Waals surface area contributed by atoms with Crippen molar-refractivity contribution in [3.8, 4) is 0 Å². The van der Waals surface area contributed by atoms with Crippen LogP contribution in [0.15, 0.2) is 53.0 Å². The van der Waals surface area contributed by atoms with E-state index >= 15 is 0 Å². The Kier molecular flexibility index (Phi) is 5.24. The second-order valence-corrected chi connectivity index (χ2v) is 13.4. The summed E-state index contributed by atoms with van der Waals surface area (Å²) in [5.74, 6) is -0.354. The lowest BCUT2D eigenvalue weighted by molar-refractivity contribution is -0.145. The molecule has 1 spiro atoms. The number of hydrogen-bond donors (Lipinski definition) is 2. The maximum atomic E-state index is 14.0. The molecule has 154 valence electrons. The Labute approximate surface area is 180 Å². The lowest BCUT2D eigenvalue weighted by Crippen LogP contribution is -2.45. The van der Waals surface area contributed by atoms with Crippen LogP contribution in [-0.2, 0) is 15.1 Å². The minimum Gasteiger partial charge on any atom is -0.432 e. The van der Waals surface area contributed by atoms with Crippen molar-refractivity contribution in [1.82, 2.24) is 0 Å². The van der Waals surface area contributed by atoms with Gasteiger partial charge in [-0.25, -0.2) is 0 Å². The number of anilines is 2. The second-order valence-electron chi connectivity index (χ2n) is 8.51. The highest BCUT2D eigenvalue weighted by molar-refractivity contribution is 9.10. The number of halogens is 1. The first-order valence-corrected chi connectivity index (χ1v) is 13.7. The summed E-state index contributed by atoms with van der Waals surface area (Å²) in [6.45, 7) is 5.73. The number of ether oxygens (including phenoxy) is 1. The third-order valence-electron chi connectivity index (χ3n) is 6.28. The van der Waals surface area contributed by atoms with Crippen LogP contribution in [0.3, 0.4) is 0 Å². The number of amides is 1. The molecule has 0 unspecified atom stereocenters. The summed E-state index contributed by atoms with van der Waals surface area (Å²) in [6.07, 6.45) is 0.0311. The highest BCUT2D eigenvalue weighted by Gasteiger charge is 2.66. The van der Waals surface area contributed by atoms with Gasteiger partial charge in [-0.1, -0.05) is 41.1 Å². The van der Waals surface area contributed by atoms with Crippen LogP contribution < -0.4 is 4.90 Å². The molecule has 5 nitrogen and oxygen atoms in total. The molecule has 2 N–H and O–H groups in total. The number of hydrogen-bond acceptors (Lipinski definition) is 4. The molecule has 2 aromatic rings. The fourth-order valence-corrected chi connectivity index (χ4v) is 8.17. The van der Waals surface area contributed by atoms with Crippen LogP contribution in [0, 0.1) is 5.92 Å². The number of carbonyl (C=O) groups is 1. The Morgan fingerprint density at radius 1 is 1.21 bits per heavy atom. The van der Waals surface area contributed by atoms with Crippen LogP contribution in [0.4, 0.5) is 11.4 Å². The van der Waals surface area contributed by atoms with E-state index in [1.54, 1.807) is 4.90 Å². The zero-order valence-corrected chi connectivity index (χ0v) is 19.4. The first kappa shape index (κ1) is 20.7. The third-order valence-corrected chi connectivity index (χ3v) is 9.28. The predicted molar refractivity (Wildman–Crippen MR) is 119 cm³/mol. The molecule has 1 fully saturated rings. The molecule has 2 aromatic carbocycles. The molecule has 0 bridgehead atoms. The minimum absolute atomic E-state index is 0.0453. The summed E-state index contributed by atoms with van der Waals surface area (Å²) < 4.78 is 7.42. The van der Waals surface area contributed by atoms with Crippen molar-refractivity contribution in [2.45, 2.75) is 43.7 Å². The van der Waals surface area contributed by atoms with E-state index in [1.165, 1.54) is 0 Å². The van der Waals surface area contributed by atoms with E-state index in [9.17, 15) is 14.7 Å². The number of rotatable bonds is 4. The number of benzene rings is 2. The van der Waals surface area contributed by atoms with Gasteiger partial charge in [0, 0.05) is 33.8 Å². The molecule has 4 atom stereocenters. The van der Waals surface area contributed by atoms with E-state index in [0.29, 0.717) is 6.42 Å². The monoisotopic (exact) mass is 475 g/mol. The Balaban J connectivity index is 1.92. The molecule has 7 heteroatoms. The minimum atomic E-state index is -2.67. The van der Waals surface area contributed by atoms with Crippen molar-refractivity contribution in [1.29, 1.82) is 0 Å². The average molecular weight is 476 g/mol. The summed E-state index contributed by atoms with van der Waals surface area (Å²) >= 11 is 3.55. The van der Waals surface area contributed by atoms with Gasteiger partial charge < -0.3 is 14.6 Å². The van der Waals surface area contributed by atoms with Gasteiger partial charge in [-0.05, 0) is 49.8 Å². The lowest BCUT2D eigenvalue weighted by Gasteiger charge is -2.32. The van der Waals surface area contributed by atoms with Crippen LogP contribution in [-0.4, -0.2) is 36.8 Å². The molecule has 0 aliphatic carbocycles. The van der Waals surface area contributed by atoms with Gasteiger partial charge in [-0.3, -0.25) is 9.69 Å². The van der Waals surface area contributed by atoms with Crippen LogP contribution in [0.25, 0.3) is 0 Å². The number of carbonyl (C=O) groups excluding carboxylic acids is 1. The van der Waals surface area contributed by atoms with E-state index in [2.05, 4.69) is 15.9 Å². The summed E-state index contributed by atoms with van der Waals surface area (Å²) in [4.78, 5) is 26.8. The maximum Gasteiger partial charge on any atom is 0.268 e. The van der Waals surface area contributed by atoms with Gasteiger partial charge in [0.25, 0.3) is 5.91 Å². The van der Waals surface area contributed by atoms with Gasteiger partial charge in [0.1, 0.15) is 0 Å². The standard InChI is InChI=1S/C22H26BrNO4Si/c1-14-20(29(2,3)27)19(11-12-25)28-22(14)17-13-15(23)9-10-18(17)24(21(22)26)16-7-5-4-6-8-16/h4-10,13-14,19-20,25,27H,11-12H2,1-3H3/t14-,19+,20-,22+/m1/s1. The molecule has 0 radical (unpaired) electrons. The van der Waals surface area contributed by atoms with Gasteiger partial charge in [0.15, 0.2) is 13.9 Å². The molecule has 2 heterocycles. The molecule has 0 saturated carbocycles. The van der Waals surface area contributed by atoms with Gasteiger partial charge in [-0.15, -0.1) is 0 Å². The average Bonchev–Trinajstić information content (AvgIpc) is 3.09. The molecular weight excluding hydrogens is 450 g/mol. The number of para-hydroxylation sites is 1. The molecule has 2 aliphatic rings. The number of aliphatic hydroxyl groups excluding tert-OH is 1. The summed E-state index contributed by atoms with van der Waals surface area (Å²) in [6, 6.07) is 15.4. The van der Waals surface area contributed by atoms with Crippen LogP contribution in [0.5, 0.6) is 0 Å². The highest BCUT2D eigenvalue weighted by Crippen LogP contribution is 2.60. The predicted octanol–water partition coefficient (Wildman–Crippen LogP) is 4.31. The first-order chi connectivity index (χ1) is 13.7. The Morgan fingerprint density at radius 3 is 2.52 bits per heavy atom. The Morgan fingerprint density at radius 2 is 1.90 bits per heavy atom. The van der Waals surface area contributed by atoms with E-state index < -0.39 is 13.9 Å². The van der Waals surface area contributed by atoms with E-state index in [0.717, 1.165) is 21.4 Å². The van der Waals surface area contributed by atoms with E-state index in [1.807, 2.05) is 68.5 Å². The fraction of sp³-hybridized carbons (Fsp3) is 0.409. The first-order valence-electron chi connectivity index (χ1n) is 9.92. The number of aliphatic hydroxyl groups is 1. The third kappa shape index (κ3) is 3.11. The quantitative estimate of drug-likeness (QED) is 0.646. The van der Waals surface area contributed by atoms with Gasteiger partial charge in [0.05, 0.1) is 11.8 Å². The molecular formula is C22H26BrNO4Si. The van der Waals surface area contributed by atoms with Crippen molar-refractivity contribution in [2.24, 2.45) is 5.92 Å². The lowest BCUT2D eigenvalue weighted by atomic mass is 9.82. The summed E-state index contributed by atoms with van der Waals surface area (Å²) in [5, 5.41) is 9.61. The van der Waals surface area contributed by atoms with Crippen molar-refractivity contribution in [2.75, 3.05) is 11.5 Å². The van der Waals surface area contributed by atoms with Crippen molar-refractivity contribution in [3.05, 3.63) is 58.6 Å². The van der Waals surface area contributed by atoms with E-state index in [4.69, 9.17) is 4.74 Å². The zero-order valence-electron chi connectivity index (χ0n) is 16.8. The van der Waals surface area contributed by atoms with Crippen LogP contribution in [0.1, 0.15) is 18.9 Å². The van der Waals surface area contributed by atoms with Crippen LogP contribution in [0.2, 0.25) is 18.6 Å². The van der Waals surface area contributed by atoms with Gasteiger partial charge in [-0.2, -0.15) is 0 Å². The van der Waals surface area contributed by atoms with Gasteiger partial charge >= 0.3 is 0 Å². The zero-order chi connectivity index (χ0) is 21.0. The molecule has 1 amide bonds. The highest BCUT2D eigenvalue weighted by atomic mass is 79.9. The van der Waals surface area contributed by atoms with Gasteiger partial charge in [0.2, 0.25) is 0 Å². The molecule has 4 rings (SSSR count). The SMILES string of the molecule is C[C@@H]1[C@@H]([Si](C)(C)O)[C@H](CCO)O[C@@]12C(=O)N(c1ccccc1)c1ccc(Br)cc12. The topological polar surface area (TPSA) is 70.0 Å². The van der Waals surface area contributed by atoms with Crippen molar-refractivity contribution >= 4 is 41.5 Å². The van der Waals surface area contributed by atoms with E-state index in [-0.39, 0.29) is 30.1 Å². The smallest absolute Gasteiger partial charge is 0.268 e.